The van der Waals surface area contributed by atoms with Crippen molar-refractivity contribution in [2.75, 3.05) is 12.3 Å². The predicted molar refractivity (Wildman–Crippen MR) is 79.5 cm³/mol. The van der Waals surface area contributed by atoms with Crippen molar-refractivity contribution >= 4 is 35.2 Å². The molecule has 1 aliphatic rings. The first-order valence-electron chi connectivity index (χ1n) is 6.42. The van der Waals surface area contributed by atoms with Gasteiger partial charge in [-0.15, -0.1) is 11.8 Å². The maximum Gasteiger partial charge on any atom is 0.311 e. The topological polar surface area (TPSA) is 66.4 Å². The Labute approximate surface area is 126 Å². The van der Waals surface area contributed by atoms with Gasteiger partial charge in [-0.2, -0.15) is 0 Å². The van der Waals surface area contributed by atoms with Gasteiger partial charge in [0.05, 0.1) is 11.0 Å². The van der Waals surface area contributed by atoms with Crippen molar-refractivity contribution in [3.8, 4) is 0 Å². The molecule has 1 aromatic rings. The fraction of sp³-hybridized carbons (Fsp3) is 0.429. The van der Waals surface area contributed by atoms with Crippen molar-refractivity contribution in [2.24, 2.45) is 5.41 Å². The van der Waals surface area contributed by atoms with E-state index in [4.69, 9.17) is 16.7 Å². The summed E-state index contributed by atoms with van der Waals surface area (Å²) >= 11 is 7.47. The van der Waals surface area contributed by atoms with Gasteiger partial charge >= 0.3 is 5.97 Å². The van der Waals surface area contributed by atoms with Crippen molar-refractivity contribution in [1.29, 1.82) is 0 Å². The molecule has 4 nitrogen and oxygen atoms in total. The van der Waals surface area contributed by atoms with Crippen LogP contribution < -0.4 is 5.32 Å². The zero-order valence-electron chi connectivity index (χ0n) is 11.1. The molecule has 1 saturated carbocycles. The van der Waals surface area contributed by atoms with Gasteiger partial charge in [-0.3, -0.25) is 9.59 Å². The standard InChI is InChI=1S/C14H16ClNO3S/c1-2-20-11-7-9(15)3-4-10(11)12(17)16-8-14(5-6-14)13(18)19/h3-4,7H,2,5-6,8H2,1H3,(H,16,17)(H,18,19). The van der Waals surface area contributed by atoms with Crippen molar-refractivity contribution < 1.29 is 14.7 Å². The lowest BCUT2D eigenvalue weighted by atomic mass is 10.1. The molecule has 0 atom stereocenters. The minimum atomic E-state index is -0.836. The van der Waals surface area contributed by atoms with Crippen LogP contribution in [0.4, 0.5) is 0 Å². The Morgan fingerprint density at radius 1 is 1.45 bits per heavy atom. The molecule has 108 valence electrons. The Balaban J connectivity index is 2.07. The number of carbonyl (C=O) groups is 2. The second kappa shape index (κ2) is 6.06. The van der Waals surface area contributed by atoms with Gasteiger partial charge in [-0.25, -0.2) is 0 Å². The number of thioether (sulfide) groups is 1. The van der Waals surface area contributed by atoms with Crippen LogP contribution in [0, 0.1) is 5.41 Å². The molecule has 0 aliphatic heterocycles. The Bertz CT molecular complexity index is 543. The molecule has 1 aromatic carbocycles. The number of halogens is 1. The third-order valence-corrected chi connectivity index (χ3v) is 4.56. The maximum absolute atomic E-state index is 12.2. The summed E-state index contributed by atoms with van der Waals surface area (Å²) in [5.74, 6) is -0.248. The minimum Gasteiger partial charge on any atom is -0.481 e. The summed E-state index contributed by atoms with van der Waals surface area (Å²) in [5.41, 5.74) is -0.206. The minimum absolute atomic E-state index is 0.181. The highest BCUT2D eigenvalue weighted by molar-refractivity contribution is 7.99. The first-order chi connectivity index (χ1) is 9.48. The van der Waals surface area contributed by atoms with Gasteiger partial charge in [0.1, 0.15) is 0 Å². The molecule has 1 fully saturated rings. The van der Waals surface area contributed by atoms with E-state index in [1.54, 1.807) is 18.2 Å². The van der Waals surface area contributed by atoms with E-state index >= 15 is 0 Å². The quantitative estimate of drug-likeness (QED) is 0.792. The summed E-state index contributed by atoms with van der Waals surface area (Å²) in [4.78, 5) is 24.1. The number of carboxylic acid groups (broad SMARTS) is 1. The lowest BCUT2D eigenvalue weighted by molar-refractivity contribution is -0.143. The van der Waals surface area contributed by atoms with Gasteiger partial charge in [0.15, 0.2) is 0 Å². The molecule has 2 N–H and O–H groups in total. The molecular weight excluding hydrogens is 298 g/mol. The van der Waals surface area contributed by atoms with Gasteiger partial charge in [0.2, 0.25) is 0 Å². The van der Waals surface area contributed by atoms with E-state index in [9.17, 15) is 9.59 Å². The van der Waals surface area contributed by atoms with E-state index in [2.05, 4.69) is 5.32 Å². The Morgan fingerprint density at radius 2 is 2.15 bits per heavy atom. The number of hydrogen-bond donors (Lipinski definition) is 2. The van der Waals surface area contributed by atoms with Crippen LogP contribution in [0.3, 0.4) is 0 Å². The fourth-order valence-electron chi connectivity index (χ4n) is 1.92. The van der Waals surface area contributed by atoms with Gasteiger partial charge in [0.25, 0.3) is 5.91 Å². The number of amides is 1. The first-order valence-corrected chi connectivity index (χ1v) is 7.79. The van der Waals surface area contributed by atoms with Crippen molar-refractivity contribution in [2.45, 2.75) is 24.7 Å². The van der Waals surface area contributed by atoms with Gasteiger partial charge in [-0.1, -0.05) is 18.5 Å². The van der Waals surface area contributed by atoms with Gasteiger partial charge in [0, 0.05) is 16.5 Å². The lowest BCUT2D eigenvalue weighted by Crippen LogP contribution is -2.34. The number of rotatable bonds is 6. The van der Waals surface area contributed by atoms with Crippen molar-refractivity contribution in [3.05, 3.63) is 28.8 Å². The average Bonchev–Trinajstić information content (AvgIpc) is 3.18. The van der Waals surface area contributed by atoms with Gasteiger partial charge < -0.3 is 10.4 Å². The van der Waals surface area contributed by atoms with Crippen LogP contribution in [0.2, 0.25) is 5.02 Å². The smallest absolute Gasteiger partial charge is 0.311 e. The summed E-state index contributed by atoms with van der Waals surface area (Å²) in [6.45, 7) is 2.18. The third kappa shape index (κ3) is 3.27. The summed E-state index contributed by atoms with van der Waals surface area (Å²) in [7, 11) is 0. The summed E-state index contributed by atoms with van der Waals surface area (Å²) < 4.78 is 0. The molecule has 0 radical (unpaired) electrons. The van der Waals surface area contributed by atoms with Crippen LogP contribution >= 0.6 is 23.4 Å². The maximum atomic E-state index is 12.2. The zero-order valence-corrected chi connectivity index (χ0v) is 12.7. The second-order valence-electron chi connectivity index (χ2n) is 4.84. The molecule has 0 saturated heterocycles. The predicted octanol–water partition coefficient (Wildman–Crippen LogP) is 3.05. The molecule has 20 heavy (non-hydrogen) atoms. The second-order valence-corrected chi connectivity index (χ2v) is 6.58. The largest absolute Gasteiger partial charge is 0.481 e. The third-order valence-electron chi connectivity index (χ3n) is 3.38. The fourth-order valence-corrected chi connectivity index (χ4v) is 2.99. The van der Waals surface area contributed by atoms with Gasteiger partial charge in [-0.05, 0) is 36.8 Å². The van der Waals surface area contributed by atoms with Crippen molar-refractivity contribution in [3.63, 3.8) is 0 Å². The van der Waals surface area contributed by atoms with Crippen LogP contribution in [-0.4, -0.2) is 29.3 Å². The summed E-state index contributed by atoms with van der Waals surface area (Å²) in [6, 6.07) is 5.10. The normalized spacial score (nSPS) is 15.7. The van der Waals surface area contributed by atoms with Crippen LogP contribution in [-0.2, 0) is 4.79 Å². The monoisotopic (exact) mass is 313 g/mol. The number of nitrogens with one attached hydrogen (secondary N) is 1. The average molecular weight is 314 g/mol. The highest BCUT2D eigenvalue weighted by atomic mass is 35.5. The number of carbonyl (C=O) groups excluding carboxylic acids is 1. The van der Waals surface area contributed by atoms with Crippen LogP contribution in [0.1, 0.15) is 30.1 Å². The highest BCUT2D eigenvalue weighted by Crippen LogP contribution is 2.45. The number of hydrogen-bond acceptors (Lipinski definition) is 3. The Morgan fingerprint density at radius 3 is 2.70 bits per heavy atom. The molecule has 0 bridgehead atoms. The number of carboxylic acids is 1. The molecular formula is C14H16ClNO3S. The Hall–Kier alpha value is -1.20. The molecule has 1 amide bonds. The molecule has 0 unspecified atom stereocenters. The van der Waals surface area contributed by atoms with Crippen LogP contribution in [0.25, 0.3) is 0 Å². The molecule has 1 aliphatic carbocycles. The highest BCUT2D eigenvalue weighted by Gasteiger charge is 2.50. The van der Waals surface area contributed by atoms with E-state index in [1.165, 1.54) is 11.8 Å². The Kier molecular flexibility index (Phi) is 4.60. The molecule has 2 rings (SSSR count). The van der Waals surface area contributed by atoms with E-state index in [0.29, 0.717) is 23.4 Å². The summed E-state index contributed by atoms with van der Waals surface area (Å²) in [5, 5.41) is 12.4. The molecule has 0 aromatic heterocycles. The first kappa shape index (κ1) is 15.2. The van der Waals surface area contributed by atoms with Crippen molar-refractivity contribution in [1.82, 2.24) is 5.32 Å². The van der Waals surface area contributed by atoms with Crippen LogP contribution in [0.5, 0.6) is 0 Å². The molecule has 6 heteroatoms. The van der Waals surface area contributed by atoms with E-state index in [0.717, 1.165) is 10.6 Å². The molecule has 0 spiro atoms. The van der Waals surface area contributed by atoms with Crippen LogP contribution in [0.15, 0.2) is 23.1 Å². The number of benzene rings is 1. The SMILES string of the molecule is CCSc1cc(Cl)ccc1C(=O)NCC1(C(=O)O)CC1. The lowest BCUT2D eigenvalue weighted by Gasteiger charge is -2.13. The number of aliphatic carboxylic acids is 1. The van der Waals surface area contributed by atoms with E-state index < -0.39 is 11.4 Å². The molecule has 0 heterocycles. The van der Waals surface area contributed by atoms with E-state index in [-0.39, 0.29) is 12.5 Å². The summed E-state index contributed by atoms with van der Waals surface area (Å²) in [6.07, 6.45) is 1.25. The zero-order chi connectivity index (χ0) is 14.8. The van der Waals surface area contributed by atoms with E-state index in [1.807, 2.05) is 6.92 Å².